The van der Waals surface area contributed by atoms with Crippen LogP contribution in [0.4, 0.5) is 0 Å². The molecule has 4 heteroatoms. The highest BCUT2D eigenvalue weighted by atomic mass is 15.2. The first kappa shape index (κ1) is 35.8. The van der Waals surface area contributed by atoms with Crippen LogP contribution in [-0.2, 0) is 0 Å². The topological polar surface area (TPSA) is 35.6 Å². The smallest absolute Gasteiger partial charge is 0.235 e. The lowest BCUT2D eigenvalue weighted by Crippen LogP contribution is -2.05. The molecule has 0 fully saturated rings. The Bertz CT molecular complexity index is 3770. The van der Waals surface area contributed by atoms with Crippen molar-refractivity contribution in [2.24, 2.45) is 0 Å². The van der Waals surface area contributed by atoms with Crippen LogP contribution in [0.25, 0.3) is 116 Å². The normalized spacial score (nSPS) is 13.3. The molecule has 11 aromatic rings. The second-order valence-electron chi connectivity index (χ2n) is 16.1. The van der Waals surface area contributed by atoms with Gasteiger partial charge in [0.2, 0.25) is 5.95 Å². The SMILES string of the molecule is C=C/C=C\C=C\n1c2ccccc2c2c3ccccc3c(-c3ccc(-c4ccc5c(c4)c4ccccc4n5-c4nc(C5=CC=CCC5)c5ccccc5n4)c4ccccc34)cc21. The minimum Gasteiger partial charge on any atom is -0.316 e. The van der Waals surface area contributed by atoms with Gasteiger partial charge in [-0.25, -0.2) is 9.97 Å². The monoisotopic (exact) mass is 792 g/mol. The van der Waals surface area contributed by atoms with Crippen LogP contribution < -0.4 is 0 Å². The van der Waals surface area contributed by atoms with Gasteiger partial charge in [0.1, 0.15) is 0 Å². The summed E-state index contributed by atoms with van der Waals surface area (Å²) in [5.41, 5.74) is 12.5. The molecule has 1 aliphatic rings. The molecule has 0 bridgehead atoms. The molecule has 0 aliphatic heterocycles. The fraction of sp³-hybridized carbons (Fsp3) is 0.0345. The Morgan fingerprint density at radius 2 is 1.16 bits per heavy atom. The number of allylic oxidation sites excluding steroid dienone is 8. The van der Waals surface area contributed by atoms with Crippen molar-refractivity contribution >= 4 is 87.8 Å². The van der Waals surface area contributed by atoms with E-state index in [1.54, 1.807) is 6.08 Å². The molecule has 0 radical (unpaired) electrons. The summed E-state index contributed by atoms with van der Waals surface area (Å²) >= 11 is 0. The highest BCUT2D eigenvalue weighted by Gasteiger charge is 2.21. The lowest BCUT2D eigenvalue weighted by molar-refractivity contribution is 0.983. The van der Waals surface area contributed by atoms with E-state index in [-0.39, 0.29) is 0 Å². The predicted molar refractivity (Wildman–Crippen MR) is 264 cm³/mol. The number of hydrogen-bond acceptors (Lipinski definition) is 2. The largest absolute Gasteiger partial charge is 0.316 e. The van der Waals surface area contributed by atoms with Gasteiger partial charge in [0.15, 0.2) is 0 Å². The Hall–Kier alpha value is -8.08. The summed E-state index contributed by atoms with van der Waals surface area (Å²) in [6, 6.07) is 57.4. The highest BCUT2D eigenvalue weighted by Crippen LogP contribution is 2.44. The van der Waals surface area contributed by atoms with Gasteiger partial charge in [0.25, 0.3) is 0 Å². The molecule has 0 saturated carbocycles. The average Bonchev–Trinajstić information content (AvgIpc) is 3.84. The second-order valence-corrected chi connectivity index (χ2v) is 16.1. The maximum absolute atomic E-state index is 5.35. The van der Waals surface area contributed by atoms with Crippen LogP contribution >= 0.6 is 0 Å². The minimum atomic E-state index is 0.690. The molecule has 4 nitrogen and oxygen atoms in total. The Morgan fingerprint density at radius 1 is 0.500 bits per heavy atom. The van der Waals surface area contributed by atoms with Crippen molar-refractivity contribution in [3.05, 3.63) is 213 Å². The number of hydrogen-bond donors (Lipinski definition) is 0. The molecule has 1 aliphatic carbocycles. The van der Waals surface area contributed by atoms with Crippen LogP contribution in [0.3, 0.4) is 0 Å². The van der Waals surface area contributed by atoms with Crippen LogP contribution in [0.1, 0.15) is 18.5 Å². The van der Waals surface area contributed by atoms with Gasteiger partial charge in [-0.15, -0.1) is 0 Å². The van der Waals surface area contributed by atoms with Crippen LogP contribution in [-0.4, -0.2) is 19.1 Å². The van der Waals surface area contributed by atoms with Gasteiger partial charge in [-0.2, -0.15) is 0 Å². The van der Waals surface area contributed by atoms with Crippen LogP contribution in [0.15, 0.2) is 207 Å². The van der Waals surface area contributed by atoms with Gasteiger partial charge in [0, 0.05) is 33.1 Å². The van der Waals surface area contributed by atoms with Gasteiger partial charge in [-0.1, -0.05) is 164 Å². The van der Waals surface area contributed by atoms with E-state index in [2.05, 4.69) is 204 Å². The molecule has 292 valence electrons. The zero-order chi connectivity index (χ0) is 41.1. The summed E-state index contributed by atoms with van der Waals surface area (Å²) in [4.78, 5) is 10.6. The van der Waals surface area contributed by atoms with E-state index in [1.807, 2.05) is 12.2 Å². The zero-order valence-electron chi connectivity index (χ0n) is 34.0. The molecule has 12 rings (SSSR count). The van der Waals surface area contributed by atoms with Crippen molar-refractivity contribution in [3.8, 4) is 28.2 Å². The lowest BCUT2D eigenvalue weighted by Gasteiger charge is -2.16. The third-order valence-electron chi connectivity index (χ3n) is 12.6. The zero-order valence-corrected chi connectivity index (χ0v) is 34.0. The van der Waals surface area contributed by atoms with E-state index in [4.69, 9.17) is 9.97 Å². The Kier molecular flexibility index (Phi) is 8.42. The first-order valence-corrected chi connectivity index (χ1v) is 21.3. The van der Waals surface area contributed by atoms with Crippen LogP contribution in [0, 0.1) is 0 Å². The van der Waals surface area contributed by atoms with Crippen molar-refractivity contribution < 1.29 is 0 Å². The predicted octanol–water partition coefficient (Wildman–Crippen LogP) is 15.4. The van der Waals surface area contributed by atoms with E-state index in [9.17, 15) is 0 Å². The Balaban J connectivity index is 1.05. The number of benzene rings is 8. The molecule has 3 heterocycles. The molecule has 0 saturated heterocycles. The average molecular weight is 793 g/mol. The molecule has 0 spiro atoms. The van der Waals surface area contributed by atoms with E-state index in [0.717, 1.165) is 40.5 Å². The maximum atomic E-state index is 5.35. The van der Waals surface area contributed by atoms with Gasteiger partial charge < -0.3 is 4.57 Å². The van der Waals surface area contributed by atoms with Crippen molar-refractivity contribution in [3.63, 3.8) is 0 Å². The highest BCUT2D eigenvalue weighted by molar-refractivity contribution is 6.25. The summed E-state index contributed by atoms with van der Waals surface area (Å²) < 4.78 is 4.57. The Morgan fingerprint density at radius 3 is 1.95 bits per heavy atom. The van der Waals surface area contributed by atoms with E-state index < -0.39 is 0 Å². The second kappa shape index (κ2) is 14.6. The summed E-state index contributed by atoms with van der Waals surface area (Å²) in [6.45, 7) is 3.85. The fourth-order valence-electron chi connectivity index (χ4n) is 9.87. The van der Waals surface area contributed by atoms with Gasteiger partial charge in [-0.3, -0.25) is 4.57 Å². The maximum Gasteiger partial charge on any atom is 0.235 e. The van der Waals surface area contributed by atoms with Crippen LogP contribution in [0.2, 0.25) is 0 Å². The molecule has 0 N–H and O–H groups in total. The summed E-state index contributed by atoms with van der Waals surface area (Å²) in [5.74, 6) is 0.690. The molecule has 0 atom stereocenters. The van der Waals surface area contributed by atoms with Crippen molar-refractivity contribution in [2.45, 2.75) is 12.8 Å². The standard InChI is InChI=1S/C58H40N4/c1-2-3-4-18-35-61-52-29-16-14-27-48(52)56-46-25-11-10-23-43(46)49(37-55(56)61)44-33-32-40(41-21-8-9-22-42(41)44)39-31-34-54-50(36-39)45-24-13-17-30-53(45)62(54)58-59-51-28-15-12-26-47(51)57(60-58)38-19-6-5-7-20-38/h2-6,8-19,21-37H,1,7,20H2/b4-3-,35-18+. The quantitative estimate of drug-likeness (QED) is 0.151. The minimum absolute atomic E-state index is 0.690. The fourth-order valence-corrected chi connectivity index (χ4v) is 9.87. The molecule has 0 unspecified atom stereocenters. The molecule has 0 amide bonds. The van der Waals surface area contributed by atoms with E-state index in [1.165, 1.54) is 82.0 Å². The van der Waals surface area contributed by atoms with E-state index in [0.29, 0.717) is 5.95 Å². The number of nitrogens with zero attached hydrogens (tertiary/aromatic N) is 4. The Labute approximate surface area is 359 Å². The summed E-state index contributed by atoms with van der Waals surface area (Å²) in [7, 11) is 0. The third-order valence-corrected chi connectivity index (χ3v) is 12.6. The summed E-state index contributed by atoms with van der Waals surface area (Å²) in [5, 5.41) is 10.8. The molecule has 8 aromatic carbocycles. The van der Waals surface area contributed by atoms with E-state index >= 15 is 0 Å². The van der Waals surface area contributed by atoms with Crippen LogP contribution in [0.5, 0.6) is 0 Å². The van der Waals surface area contributed by atoms with Crippen molar-refractivity contribution in [2.75, 3.05) is 0 Å². The first-order chi connectivity index (χ1) is 30.7. The number of para-hydroxylation sites is 3. The number of aromatic nitrogens is 4. The van der Waals surface area contributed by atoms with Crippen molar-refractivity contribution in [1.29, 1.82) is 0 Å². The van der Waals surface area contributed by atoms with Gasteiger partial charge in [-0.05, 0) is 105 Å². The number of rotatable bonds is 7. The molecular formula is C58H40N4. The number of fused-ring (bicyclic) bond motifs is 10. The van der Waals surface area contributed by atoms with Crippen molar-refractivity contribution in [1.82, 2.24) is 19.1 Å². The first-order valence-electron chi connectivity index (χ1n) is 21.3. The molecule has 3 aromatic heterocycles. The van der Waals surface area contributed by atoms with Gasteiger partial charge in [0.05, 0.1) is 33.3 Å². The third kappa shape index (κ3) is 5.61. The lowest BCUT2D eigenvalue weighted by atomic mass is 9.89. The molecule has 62 heavy (non-hydrogen) atoms. The van der Waals surface area contributed by atoms with Gasteiger partial charge >= 0.3 is 0 Å². The summed E-state index contributed by atoms with van der Waals surface area (Å²) in [6.07, 6.45) is 18.6. The molecular weight excluding hydrogens is 753 g/mol.